The maximum Gasteiger partial charge on any atom is 0.196 e. The number of hydrogen-bond acceptors (Lipinski definition) is 8. The summed E-state index contributed by atoms with van der Waals surface area (Å²) < 4.78 is 26.7. The van der Waals surface area contributed by atoms with E-state index in [1.54, 1.807) is 10.7 Å². The lowest BCUT2D eigenvalue weighted by Crippen LogP contribution is -2.38. The topological polar surface area (TPSA) is 106 Å². The first kappa shape index (κ1) is 23.8. The van der Waals surface area contributed by atoms with Crippen LogP contribution in [0.1, 0.15) is 71.1 Å². The van der Waals surface area contributed by atoms with Gasteiger partial charge in [0.15, 0.2) is 11.5 Å². The summed E-state index contributed by atoms with van der Waals surface area (Å²) in [6.07, 6.45) is 8.27. The highest BCUT2D eigenvalue weighted by molar-refractivity contribution is 5.58. The number of nitrogens with two attached hydrogens (primary N) is 1. The van der Waals surface area contributed by atoms with Gasteiger partial charge in [-0.05, 0) is 19.3 Å². The smallest absolute Gasteiger partial charge is 0.196 e. The van der Waals surface area contributed by atoms with E-state index in [1.807, 2.05) is 0 Å². The van der Waals surface area contributed by atoms with E-state index in [0.29, 0.717) is 37.9 Å². The molecule has 174 valence electrons. The minimum absolute atomic E-state index is 0.222. The van der Waals surface area contributed by atoms with Crippen molar-refractivity contribution in [3.63, 3.8) is 0 Å². The zero-order chi connectivity index (χ0) is 22.1. The molecule has 1 saturated heterocycles. The summed E-state index contributed by atoms with van der Waals surface area (Å²) in [6.45, 7) is 8.94. The van der Waals surface area contributed by atoms with E-state index in [-0.39, 0.29) is 24.4 Å². The number of hydrogen-bond donors (Lipinski definition) is 1. The van der Waals surface area contributed by atoms with Crippen LogP contribution in [0.2, 0.25) is 0 Å². The van der Waals surface area contributed by atoms with E-state index in [2.05, 4.69) is 35.8 Å². The molecule has 2 aromatic heterocycles. The van der Waals surface area contributed by atoms with Crippen molar-refractivity contribution in [3.05, 3.63) is 18.2 Å². The molecule has 1 aliphatic rings. The number of rotatable bonds is 14. The van der Waals surface area contributed by atoms with Crippen LogP contribution in [0.4, 0.5) is 5.82 Å². The molecule has 4 atom stereocenters. The van der Waals surface area contributed by atoms with Gasteiger partial charge in [-0.3, -0.25) is 0 Å². The Bertz CT molecular complexity index is 786. The van der Waals surface area contributed by atoms with E-state index in [1.165, 1.54) is 6.33 Å². The first-order chi connectivity index (χ1) is 15.2. The molecule has 0 bridgehead atoms. The minimum Gasteiger partial charge on any atom is -0.381 e. The van der Waals surface area contributed by atoms with Crippen LogP contribution in [0, 0.1) is 0 Å². The number of imidazole rings is 1. The first-order valence-corrected chi connectivity index (χ1v) is 11.6. The van der Waals surface area contributed by atoms with Gasteiger partial charge in [0.1, 0.15) is 30.7 Å². The average molecular weight is 436 g/mol. The molecule has 0 saturated carbocycles. The van der Waals surface area contributed by atoms with E-state index in [9.17, 15) is 0 Å². The van der Waals surface area contributed by atoms with Crippen LogP contribution in [0.25, 0.3) is 5.65 Å². The van der Waals surface area contributed by atoms with Gasteiger partial charge in [0.05, 0.1) is 18.5 Å². The summed E-state index contributed by atoms with van der Waals surface area (Å²) in [5.74, 6) is 0.331. The number of nitrogens with zero attached hydrogens (tertiary/aromatic N) is 4. The van der Waals surface area contributed by atoms with Crippen molar-refractivity contribution in [1.82, 2.24) is 19.6 Å². The Morgan fingerprint density at radius 1 is 0.968 bits per heavy atom. The lowest BCUT2D eigenvalue weighted by molar-refractivity contribution is -0.0795. The fraction of sp³-hybridized carbons (Fsp3) is 0.773. The number of ether oxygens (including phenoxy) is 4. The molecule has 0 spiro atoms. The maximum absolute atomic E-state index is 6.48. The molecule has 1 unspecified atom stereocenters. The summed E-state index contributed by atoms with van der Waals surface area (Å²) in [4.78, 5) is 8.44. The summed E-state index contributed by atoms with van der Waals surface area (Å²) >= 11 is 0. The number of anilines is 1. The highest BCUT2D eigenvalue weighted by atomic mass is 16.6. The molecule has 0 aromatic carbocycles. The Morgan fingerprint density at radius 3 is 2.35 bits per heavy atom. The Balaban J connectivity index is 1.85. The summed E-state index contributed by atoms with van der Waals surface area (Å²) in [5.41, 5.74) is 7.28. The number of fused-ring (bicyclic) bond motifs is 1. The van der Waals surface area contributed by atoms with Crippen molar-refractivity contribution in [2.24, 2.45) is 0 Å². The summed E-state index contributed by atoms with van der Waals surface area (Å²) in [6, 6.07) is 0. The zero-order valence-corrected chi connectivity index (χ0v) is 19.0. The van der Waals surface area contributed by atoms with Crippen molar-refractivity contribution in [2.45, 2.75) is 83.7 Å². The fourth-order valence-electron chi connectivity index (χ4n) is 3.70. The second-order valence-corrected chi connectivity index (χ2v) is 7.97. The highest BCUT2D eigenvalue weighted by Crippen LogP contribution is 2.38. The Kier molecular flexibility index (Phi) is 9.45. The lowest BCUT2D eigenvalue weighted by Gasteiger charge is -2.25. The fourth-order valence-corrected chi connectivity index (χ4v) is 3.70. The molecule has 0 amide bonds. The number of unbranched alkanes of at least 4 members (excludes halogenated alkanes) is 3. The Labute approximate surface area is 184 Å². The molecular weight excluding hydrogens is 398 g/mol. The molecule has 9 heteroatoms. The van der Waals surface area contributed by atoms with Crippen molar-refractivity contribution in [1.29, 1.82) is 0 Å². The first-order valence-electron chi connectivity index (χ1n) is 11.6. The van der Waals surface area contributed by atoms with E-state index in [4.69, 9.17) is 24.7 Å². The Morgan fingerprint density at radius 2 is 1.65 bits per heavy atom. The molecule has 3 rings (SSSR count). The van der Waals surface area contributed by atoms with Crippen molar-refractivity contribution in [2.75, 3.05) is 32.2 Å². The molecule has 31 heavy (non-hydrogen) atoms. The second kappa shape index (κ2) is 12.3. The minimum atomic E-state index is -0.382. The molecule has 0 aliphatic carbocycles. The van der Waals surface area contributed by atoms with E-state index >= 15 is 0 Å². The SMILES string of the molecule is CCCCOC[C@H]1OC(c2cnc3c(N)ncnn23)[C@H](OCCCC)[C@@H]1OCCCC. The maximum atomic E-state index is 6.48. The highest BCUT2D eigenvalue weighted by Gasteiger charge is 2.48. The van der Waals surface area contributed by atoms with Gasteiger partial charge in [-0.1, -0.05) is 40.0 Å². The van der Waals surface area contributed by atoms with Crippen LogP contribution < -0.4 is 5.73 Å². The van der Waals surface area contributed by atoms with Gasteiger partial charge >= 0.3 is 0 Å². The molecule has 1 aliphatic heterocycles. The van der Waals surface area contributed by atoms with E-state index in [0.717, 1.165) is 44.2 Å². The molecular formula is C22H37N5O4. The third-order valence-electron chi connectivity index (χ3n) is 5.50. The van der Waals surface area contributed by atoms with Crippen LogP contribution in [0.3, 0.4) is 0 Å². The molecule has 2 N–H and O–H groups in total. The normalized spacial score (nSPS) is 23.7. The van der Waals surface area contributed by atoms with Gasteiger partial charge in [-0.15, -0.1) is 0 Å². The predicted octanol–water partition coefficient (Wildman–Crippen LogP) is 3.33. The third-order valence-corrected chi connectivity index (χ3v) is 5.50. The zero-order valence-electron chi connectivity index (χ0n) is 19.0. The van der Waals surface area contributed by atoms with Crippen LogP contribution in [-0.4, -0.2) is 64.3 Å². The lowest BCUT2D eigenvalue weighted by atomic mass is 10.1. The van der Waals surface area contributed by atoms with Gasteiger partial charge in [0.2, 0.25) is 0 Å². The molecule has 2 aromatic rings. The van der Waals surface area contributed by atoms with Crippen LogP contribution in [-0.2, 0) is 18.9 Å². The summed E-state index contributed by atoms with van der Waals surface area (Å²) in [7, 11) is 0. The average Bonchev–Trinajstić information content (AvgIpc) is 3.34. The molecule has 0 radical (unpaired) electrons. The van der Waals surface area contributed by atoms with Gasteiger partial charge < -0.3 is 24.7 Å². The van der Waals surface area contributed by atoms with Crippen LogP contribution in [0.5, 0.6) is 0 Å². The van der Waals surface area contributed by atoms with Crippen molar-refractivity contribution >= 4 is 11.5 Å². The molecule has 1 fully saturated rings. The van der Waals surface area contributed by atoms with Gasteiger partial charge in [-0.25, -0.2) is 14.5 Å². The quantitative estimate of drug-likeness (QED) is 0.450. The third kappa shape index (κ3) is 5.91. The van der Waals surface area contributed by atoms with Crippen LogP contribution >= 0.6 is 0 Å². The van der Waals surface area contributed by atoms with Gasteiger partial charge in [0, 0.05) is 19.8 Å². The monoisotopic (exact) mass is 435 g/mol. The predicted molar refractivity (Wildman–Crippen MR) is 118 cm³/mol. The largest absolute Gasteiger partial charge is 0.381 e. The molecule has 3 heterocycles. The van der Waals surface area contributed by atoms with Crippen molar-refractivity contribution in [3.8, 4) is 0 Å². The number of nitrogen functional groups attached to an aromatic ring is 1. The second-order valence-electron chi connectivity index (χ2n) is 7.97. The number of aromatic nitrogens is 4. The van der Waals surface area contributed by atoms with E-state index < -0.39 is 0 Å². The van der Waals surface area contributed by atoms with Gasteiger partial charge in [0.25, 0.3) is 0 Å². The van der Waals surface area contributed by atoms with Crippen molar-refractivity contribution < 1.29 is 18.9 Å². The van der Waals surface area contributed by atoms with Crippen LogP contribution in [0.15, 0.2) is 12.5 Å². The Hall–Kier alpha value is -1.81. The summed E-state index contributed by atoms with van der Waals surface area (Å²) in [5, 5.41) is 4.34. The standard InChI is InChI=1S/C22H37N5O4/c1-4-7-10-28-14-17-19(29-11-8-5-2)20(30-12-9-6-3)18(31-17)16-13-24-22-21(23)25-15-26-27(16)22/h13,15,17-20H,4-12,14H2,1-3H3,(H2,23,25,26)/t17-,18?,19-,20+/m1/s1. The van der Waals surface area contributed by atoms with Gasteiger partial charge in [-0.2, -0.15) is 5.10 Å². The molecule has 9 nitrogen and oxygen atoms in total.